The number of amides is 2. The first-order chi connectivity index (χ1) is 11.6. The van der Waals surface area contributed by atoms with Crippen LogP contribution >= 0.6 is 0 Å². The summed E-state index contributed by atoms with van der Waals surface area (Å²) in [6.07, 6.45) is 4.47. The Hall–Kier alpha value is -3.48. The van der Waals surface area contributed by atoms with E-state index in [1.807, 2.05) is 0 Å². The van der Waals surface area contributed by atoms with Crippen molar-refractivity contribution < 1.29 is 19.5 Å². The van der Waals surface area contributed by atoms with Crippen molar-refractivity contribution in [3.8, 4) is 0 Å². The molecule has 7 nitrogen and oxygen atoms in total. The van der Waals surface area contributed by atoms with Gasteiger partial charge in [0.05, 0.1) is 12.5 Å². The van der Waals surface area contributed by atoms with Crippen molar-refractivity contribution in [2.24, 2.45) is 0 Å². The summed E-state index contributed by atoms with van der Waals surface area (Å²) in [6, 6.07) is 11.7. The van der Waals surface area contributed by atoms with Crippen LogP contribution < -0.4 is 15.7 Å². The van der Waals surface area contributed by atoms with Crippen LogP contribution in [0.5, 0.6) is 0 Å². The van der Waals surface area contributed by atoms with Crippen LogP contribution in [0.3, 0.4) is 0 Å². The Labute approximate surface area is 138 Å². The van der Waals surface area contributed by atoms with Crippen LogP contribution in [0.25, 0.3) is 6.08 Å². The zero-order chi connectivity index (χ0) is 17.4. The van der Waals surface area contributed by atoms with Gasteiger partial charge in [0.2, 0.25) is 0 Å². The number of carboxylic acids is 1. The predicted molar refractivity (Wildman–Crippen MR) is 84.1 cm³/mol. The van der Waals surface area contributed by atoms with Gasteiger partial charge in [-0.2, -0.15) is 0 Å². The normalized spacial score (nSPS) is 10.8. The molecule has 2 amide bonds. The highest BCUT2D eigenvalue weighted by molar-refractivity contribution is 6.05. The summed E-state index contributed by atoms with van der Waals surface area (Å²) in [5, 5.41) is 15.1. The Morgan fingerprint density at radius 3 is 2.46 bits per heavy atom. The first kappa shape index (κ1) is 16.9. The van der Waals surface area contributed by atoms with E-state index in [1.54, 1.807) is 48.7 Å². The molecule has 1 aromatic carbocycles. The zero-order valence-electron chi connectivity index (χ0n) is 12.6. The summed E-state index contributed by atoms with van der Waals surface area (Å²) < 4.78 is 0. The average molecular weight is 324 g/mol. The minimum Gasteiger partial charge on any atom is -0.548 e. The highest BCUT2D eigenvalue weighted by atomic mass is 16.4. The van der Waals surface area contributed by atoms with Crippen molar-refractivity contribution >= 4 is 23.9 Å². The smallest absolute Gasteiger partial charge is 0.268 e. The maximum absolute atomic E-state index is 12.2. The van der Waals surface area contributed by atoms with Crippen molar-refractivity contribution in [3.05, 3.63) is 71.7 Å². The third-order valence-corrected chi connectivity index (χ3v) is 2.92. The Balaban J connectivity index is 2.22. The van der Waals surface area contributed by atoms with E-state index in [1.165, 1.54) is 12.3 Å². The van der Waals surface area contributed by atoms with Crippen molar-refractivity contribution in [1.29, 1.82) is 0 Å². The summed E-state index contributed by atoms with van der Waals surface area (Å²) in [7, 11) is 0. The van der Waals surface area contributed by atoms with E-state index >= 15 is 0 Å². The molecule has 0 aliphatic heterocycles. The van der Waals surface area contributed by atoms with Gasteiger partial charge in [0, 0.05) is 18.0 Å². The van der Waals surface area contributed by atoms with Crippen LogP contribution in [-0.4, -0.2) is 29.3 Å². The van der Waals surface area contributed by atoms with Gasteiger partial charge in [0.15, 0.2) is 0 Å². The number of carboxylic acid groups (broad SMARTS) is 1. The number of nitrogens with zero attached hydrogens (tertiary/aromatic N) is 1. The fraction of sp³-hybridized carbons (Fsp3) is 0.0588. The van der Waals surface area contributed by atoms with E-state index in [4.69, 9.17) is 0 Å². The van der Waals surface area contributed by atoms with Gasteiger partial charge in [-0.25, -0.2) is 0 Å². The molecular weight excluding hydrogens is 310 g/mol. The molecule has 122 valence electrons. The van der Waals surface area contributed by atoms with Gasteiger partial charge in [-0.05, 0) is 29.8 Å². The van der Waals surface area contributed by atoms with E-state index in [0.29, 0.717) is 11.1 Å². The Kier molecular flexibility index (Phi) is 5.79. The van der Waals surface area contributed by atoms with Crippen molar-refractivity contribution in [2.75, 3.05) is 6.54 Å². The fourth-order valence-corrected chi connectivity index (χ4v) is 1.82. The second-order valence-electron chi connectivity index (χ2n) is 4.72. The third kappa shape index (κ3) is 5.06. The van der Waals surface area contributed by atoms with Crippen LogP contribution in [0.2, 0.25) is 0 Å². The van der Waals surface area contributed by atoms with Crippen LogP contribution in [0.4, 0.5) is 0 Å². The Morgan fingerprint density at radius 2 is 1.83 bits per heavy atom. The Morgan fingerprint density at radius 1 is 1.08 bits per heavy atom. The molecule has 0 aliphatic rings. The summed E-state index contributed by atoms with van der Waals surface area (Å²) in [4.78, 5) is 38.7. The number of benzene rings is 1. The quantitative estimate of drug-likeness (QED) is 0.710. The standard InChI is InChI=1S/C17H15N3O4/c21-15(22)11-19-17(24)14(9-12-5-4-8-18-10-12)20-16(23)13-6-2-1-3-7-13/h1-10H,11H2,(H,19,24)(H,20,23)(H,21,22)/p-1. The lowest BCUT2D eigenvalue weighted by molar-refractivity contribution is -0.303. The molecule has 2 rings (SSSR count). The lowest BCUT2D eigenvalue weighted by Gasteiger charge is -2.11. The number of nitrogens with one attached hydrogen (secondary N) is 2. The minimum absolute atomic E-state index is 0.0990. The molecule has 0 atom stereocenters. The maximum Gasteiger partial charge on any atom is 0.268 e. The first-order valence-electron chi connectivity index (χ1n) is 7.02. The van der Waals surface area contributed by atoms with Gasteiger partial charge in [-0.3, -0.25) is 14.6 Å². The maximum atomic E-state index is 12.2. The molecule has 0 saturated heterocycles. The number of carbonyl (C=O) groups is 3. The van der Waals surface area contributed by atoms with Crippen molar-refractivity contribution in [1.82, 2.24) is 15.6 Å². The van der Waals surface area contributed by atoms with Gasteiger partial charge in [0.1, 0.15) is 5.70 Å². The molecule has 1 heterocycles. The number of rotatable bonds is 6. The number of carbonyl (C=O) groups excluding carboxylic acids is 3. The minimum atomic E-state index is -1.43. The van der Waals surface area contributed by atoms with E-state index < -0.39 is 24.3 Å². The molecule has 2 N–H and O–H groups in total. The summed E-state index contributed by atoms with van der Waals surface area (Å²) in [6.45, 7) is -0.662. The fourth-order valence-electron chi connectivity index (χ4n) is 1.82. The summed E-state index contributed by atoms with van der Waals surface area (Å²) in [5.41, 5.74) is 0.838. The van der Waals surface area contributed by atoms with Crippen molar-refractivity contribution in [2.45, 2.75) is 0 Å². The third-order valence-electron chi connectivity index (χ3n) is 2.92. The van der Waals surface area contributed by atoms with Gasteiger partial charge in [0.25, 0.3) is 11.8 Å². The van der Waals surface area contributed by atoms with Gasteiger partial charge in [-0.1, -0.05) is 24.3 Å². The van der Waals surface area contributed by atoms with Crippen LogP contribution in [0.15, 0.2) is 60.6 Å². The van der Waals surface area contributed by atoms with E-state index in [-0.39, 0.29) is 5.70 Å². The largest absolute Gasteiger partial charge is 0.548 e. The van der Waals surface area contributed by atoms with Crippen LogP contribution in [0, 0.1) is 0 Å². The number of aromatic nitrogens is 1. The molecule has 0 radical (unpaired) electrons. The molecule has 2 aromatic rings. The van der Waals surface area contributed by atoms with Gasteiger partial charge in [-0.15, -0.1) is 0 Å². The number of hydrogen-bond donors (Lipinski definition) is 2. The van der Waals surface area contributed by atoms with Crippen LogP contribution in [-0.2, 0) is 9.59 Å². The number of aliphatic carboxylic acids is 1. The van der Waals surface area contributed by atoms with E-state index in [2.05, 4.69) is 15.6 Å². The molecule has 0 fully saturated rings. The molecule has 0 aliphatic carbocycles. The van der Waals surface area contributed by atoms with E-state index in [9.17, 15) is 19.5 Å². The lowest BCUT2D eigenvalue weighted by atomic mass is 10.2. The van der Waals surface area contributed by atoms with Gasteiger partial charge >= 0.3 is 0 Å². The number of hydrogen-bond acceptors (Lipinski definition) is 5. The molecule has 0 bridgehead atoms. The molecular formula is C17H14N3O4-. The highest BCUT2D eigenvalue weighted by Crippen LogP contribution is 2.06. The molecule has 7 heteroatoms. The second-order valence-corrected chi connectivity index (χ2v) is 4.72. The molecule has 0 unspecified atom stereocenters. The molecule has 24 heavy (non-hydrogen) atoms. The van der Waals surface area contributed by atoms with Crippen molar-refractivity contribution in [3.63, 3.8) is 0 Å². The molecule has 0 spiro atoms. The summed E-state index contributed by atoms with van der Waals surface area (Å²) >= 11 is 0. The molecule has 1 aromatic heterocycles. The van der Waals surface area contributed by atoms with E-state index in [0.717, 1.165) is 0 Å². The zero-order valence-corrected chi connectivity index (χ0v) is 12.6. The Bertz CT molecular complexity index is 758. The lowest BCUT2D eigenvalue weighted by Crippen LogP contribution is -2.41. The monoisotopic (exact) mass is 324 g/mol. The van der Waals surface area contributed by atoms with Gasteiger partial charge < -0.3 is 20.5 Å². The SMILES string of the molecule is O=C([O-])CNC(=O)C(=Cc1cccnc1)NC(=O)c1ccccc1. The summed E-state index contributed by atoms with van der Waals surface area (Å²) in [5.74, 6) is -2.67. The molecule has 0 saturated carbocycles. The first-order valence-corrected chi connectivity index (χ1v) is 7.02. The van der Waals surface area contributed by atoms with Crippen LogP contribution in [0.1, 0.15) is 15.9 Å². The average Bonchev–Trinajstić information content (AvgIpc) is 2.60. The highest BCUT2D eigenvalue weighted by Gasteiger charge is 2.14. The number of pyridine rings is 1. The predicted octanol–water partition coefficient (Wildman–Crippen LogP) is -0.281. The topological polar surface area (TPSA) is 111 Å². The second kappa shape index (κ2) is 8.23.